The zero-order valence-electron chi connectivity index (χ0n) is 14.4. The molecule has 0 aliphatic heterocycles. The van der Waals surface area contributed by atoms with Gasteiger partial charge in [-0.25, -0.2) is 22.7 Å². The predicted molar refractivity (Wildman–Crippen MR) is 92.4 cm³/mol. The molecular weight excluding hydrogens is 382 g/mol. The predicted octanol–water partition coefficient (Wildman–Crippen LogP) is -0.291. The summed E-state index contributed by atoms with van der Waals surface area (Å²) in [6.07, 6.45) is 0. The molecular formula is C14H17N5O7S. The van der Waals surface area contributed by atoms with E-state index in [9.17, 15) is 18.0 Å². The molecule has 0 saturated heterocycles. The second-order valence-electron chi connectivity index (χ2n) is 4.84. The lowest BCUT2D eigenvalue weighted by Gasteiger charge is -2.12. The molecule has 1 aromatic heterocycles. The quantitative estimate of drug-likeness (QED) is 0.506. The zero-order valence-corrected chi connectivity index (χ0v) is 15.2. The number of H-pyrrole nitrogens is 1. The standard InChI is InChI=1S/C14H17N5O7S/c1-24-7-8-26-9-5-3-4-6-10(9)27(22,23)19-13(21)16-11-15-12(20)18-14(17-11)25-2/h3-6H,7-8H2,1-2H3,(H3,15,16,17,18,19,20,21). The summed E-state index contributed by atoms with van der Waals surface area (Å²) in [5.74, 6) is -0.295. The molecule has 2 aromatic rings. The fourth-order valence-corrected chi connectivity index (χ4v) is 2.91. The number of carbonyl (C=O) groups is 1. The number of sulfonamides is 1. The summed E-state index contributed by atoms with van der Waals surface area (Å²) in [5, 5.41) is 2.08. The number of anilines is 1. The molecule has 0 spiro atoms. The van der Waals surface area contributed by atoms with Crippen LogP contribution in [0, 0.1) is 0 Å². The van der Waals surface area contributed by atoms with Crippen LogP contribution < -0.4 is 25.2 Å². The molecule has 0 saturated carbocycles. The van der Waals surface area contributed by atoms with Crippen LogP contribution in [0.15, 0.2) is 34.0 Å². The summed E-state index contributed by atoms with van der Waals surface area (Å²) in [4.78, 5) is 32.2. The van der Waals surface area contributed by atoms with Gasteiger partial charge in [0.15, 0.2) is 0 Å². The van der Waals surface area contributed by atoms with E-state index in [0.717, 1.165) is 0 Å². The molecule has 27 heavy (non-hydrogen) atoms. The lowest BCUT2D eigenvalue weighted by Crippen LogP contribution is -2.35. The number of amides is 2. The third-order valence-electron chi connectivity index (χ3n) is 2.96. The third kappa shape index (κ3) is 5.65. The Balaban J connectivity index is 2.15. The number of methoxy groups -OCH3 is 2. The van der Waals surface area contributed by atoms with E-state index in [1.807, 2.05) is 0 Å². The number of carbonyl (C=O) groups excluding carboxylic acids is 1. The second-order valence-corrected chi connectivity index (χ2v) is 6.49. The van der Waals surface area contributed by atoms with E-state index < -0.39 is 21.7 Å². The van der Waals surface area contributed by atoms with Crippen molar-refractivity contribution < 1.29 is 27.4 Å². The van der Waals surface area contributed by atoms with Crippen LogP contribution >= 0.6 is 0 Å². The van der Waals surface area contributed by atoms with Crippen LogP contribution in [0.5, 0.6) is 11.8 Å². The maximum Gasteiger partial charge on any atom is 0.352 e. The summed E-state index contributed by atoms with van der Waals surface area (Å²) >= 11 is 0. The first-order valence-corrected chi connectivity index (χ1v) is 8.91. The highest BCUT2D eigenvalue weighted by atomic mass is 32.2. The Kier molecular flexibility index (Phi) is 6.67. The van der Waals surface area contributed by atoms with E-state index in [2.05, 4.69) is 20.3 Å². The minimum atomic E-state index is -4.27. The summed E-state index contributed by atoms with van der Waals surface area (Å²) in [6.45, 7) is 0.377. The maximum absolute atomic E-state index is 12.5. The second kappa shape index (κ2) is 8.95. The Morgan fingerprint density at radius 2 is 1.93 bits per heavy atom. The highest BCUT2D eigenvalue weighted by Crippen LogP contribution is 2.23. The zero-order chi connectivity index (χ0) is 19.9. The van der Waals surface area contributed by atoms with Gasteiger partial charge in [-0.3, -0.25) is 10.3 Å². The summed E-state index contributed by atoms with van der Waals surface area (Å²) in [7, 11) is -1.57. The van der Waals surface area contributed by atoms with Crippen LogP contribution in [0.2, 0.25) is 0 Å². The molecule has 0 atom stereocenters. The molecule has 3 N–H and O–H groups in total. The van der Waals surface area contributed by atoms with Crippen molar-refractivity contribution in [3.05, 3.63) is 34.7 Å². The van der Waals surface area contributed by atoms with Gasteiger partial charge >= 0.3 is 17.7 Å². The number of aromatic nitrogens is 3. The summed E-state index contributed by atoms with van der Waals surface area (Å²) in [6, 6.07) is 4.32. The first kappa shape index (κ1) is 20.1. The van der Waals surface area contributed by atoms with Crippen molar-refractivity contribution in [2.24, 2.45) is 0 Å². The number of nitrogens with one attached hydrogen (secondary N) is 3. The van der Waals surface area contributed by atoms with E-state index in [1.165, 1.54) is 32.4 Å². The van der Waals surface area contributed by atoms with Crippen molar-refractivity contribution in [3.63, 3.8) is 0 Å². The van der Waals surface area contributed by atoms with Gasteiger partial charge in [0.2, 0.25) is 5.95 Å². The van der Waals surface area contributed by atoms with Gasteiger partial charge in [-0.15, -0.1) is 4.98 Å². The average molecular weight is 399 g/mol. The van der Waals surface area contributed by atoms with Crippen LogP contribution in [-0.2, 0) is 14.8 Å². The Hall–Kier alpha value is -3.19. The van der Waals surface area contributed by atoms with Crippen molar-refractivity contribution in [2.45, 2.75) is 4.90 Å². The highest BCUT2D eigenvalue weighted by molar-refractivity contribution is 7.90. The SMILES string of the molecule is COCCOc1ccccc1S(=O)(=O)NC(=O)Nc1nc(OC)nc(=O)[nH]1. The molecule has 1 heterocycles. The fourth-order valence-electron chi connectivity index (χ4n) is 1.85. The number of ether oxygens (including phenoxy) is 3. The molecule has 13 heteroatoms. The number of aromatic amines is 1. The van der Waals surface area contributed by atoms with Crippen LogP contribution in [0.4, 0.5) is 10.7 Å². The number of para-hydroxylation sites is 1. The molecule has 2 amide bonds. The molecule has 0 aliphatic rings. The summed E-state index contributed by atoms with van der Waals surface area (Å²) < 4.78 is 41.6. The average Bonchev–Trinajstić information content (AvgIpc) is 2.61. The molecule has 1 aromatic carbocycles. The Bertz CT molecular complexity index is 960. The Morgan fingerprint density at radius 3 is 2.63 bits per heavy atom. The van der Waals surface area contributed by atoms with E-state index in [-0.39, 0.29) is 35.8 Å². The smallest absolute Gasteiger partial charge is 0.352 e. The van der Waals surface area contributed by atoms with Gasteiger partial charge in [0.1, 0.15) is 17.3 Å². The molecule has 12 nitrogen and oxygen atoms in total. The first-order valence-electron chi connectivity index (χ1n) is 7.42. The number of hydrogen-bond donors (Lipinski definition) is 3. The van der Waals surface area contributed by atoms with Crippen molar-refractivity contribution >= 4 is 22.0 Å². The van der Waals surface area contributed by atoms with Gasteiger partial charge in [-0.1, -0.05) is 12.1 Å². The van der Waals surface area contributed by atoms with Gasteiger partial charge in [0.25, 0.3) is 10.0 Å². The van der Waals surface area contributed by atoms with Gasteiger partial charge in [0, 0.05) is 7.11 Å². The normalized spacial score (nSPS) is 10.9. The highest BCUT2D eigenvalue weighted by Gasteiger charge is 2.22. The van der Waals surface area contributed by atoms with Crippen molar-refractivity contribution in [2.75, 3.05) is 32.8 Å². The minimum Gasteiger partial charge on any atom is -0.490 e. The van der Waals surface area contributed by atoms with Crippen LogP contribution in [0.25, 0.3) is 0 Å². The number of benzene rings is 1. The van der Waals surface area contributed by atoms with Gasteiger partial charge in [-0.05, 0) is 12.1 Å². The van der Waals surface area contributed by atoms with Crippen LogP contribution in [0.1, 0.15) is 0 Å². The number of nitrogens with zero attached hydrogens (tertiary/aromatic N) is 2. The fraction of sp³-hybridized carbons (Fsp3) is 0.286. The van der Waals surface area contributed by atoms with Crippen molar-refractivity contribution in [1.29, 1.82) is 0 Å². The first-order chi connectivity index (χ1) is 12.9. The lowest BCUT2D eigenvalue weighted by molar-refractivity contribution is 0.144. The van der Waals surface area contributed by atoms with Gasteiger partial charge in [-0.2, -0.15) is 4.98 Å². The van der Waals surface area contributed by atoms with Gasteiger partial charge in [0.05, 0.1) is 13.7 Å². The Morgan fingerprint density at radius 1 is 1.19 bits per heavy atom. The minimum absolute atomic E-state index is 0.0481. The van der Waals surface area contributed by atoms with Crippen molar-refractivity contribution in [1.82, 2.24) is 19.7 Å². The molecule has 0 fully saturated rings. The lowest BCUT2D eigenvalue weighted by atomic mass is 10.3. The van der Waals surface area contributed by atoms with Gasteiger partial charge < -0.3 is 14.2 Å². The molecule has 146 valence electrons. The maximum atomic E-state index is 12.5. The van der Waals surface area contributed by atoms with Crippen LogP contribution in [-0.4, -0.2) is 56.8 Å². The Labute approximate surface area is 153 Å². The number of hydrogen-bond acceptors (Lipinski definition) is 9. The molecule has 0 bridgehead atoms. The van der Waals surface area contributed by atoms with Crippen LogP contribution in [0.3, 0.4) is 0 Å². The molecule has 2 rings (SSSR count). The van der Waals surface area contributed by atoms with E-state index in [1.54, 1.807) is 10.8 Å². The van der Waals surface area contributed by atoms with E-state index in [4.69, 9.17) is 14.2 Å². The monoisotopic (exact) mass is 399 g/mol. The largest absolute Gasteiger partial charge is 0.490 e. The van der Waals surface area contributed by atoms with E-state index >= 15 is 0 Å². The molecule has 0 radical (unpaired) electrons. The number of urea groups is 1. The van der Waals surface area contributed by atoms with Crippen molar-refractivity contribution in [3.8, 4) is 11.8 Å². The topological polar surface area (TPSA) is 162 Å². The van der Waals surface area contributed by atoms with E-state index in [0.29, 0.717) is 0 Å². The number of rotatable bonds is 8. The third-order valence-corrected chi connectivity index (χ3v) is 4.33. The molecule has 0 unspecified atom stereocenters. The molecule has 0 aliphatic carbocycles. The summed E-state index contributed by atoms with van der Waals surface area (Å²) in [5.41, 5.74) is -0.836.